The van der Waals surface area contributed by atoms with E-state index in [1.165, 1.54) is 70.6 Å². The Hall–Kier alpha value is -1.60. The lowest BCUT2D eigenvalue weighted by Gasteiger charge is -2.34. The monoisotopic (exact) mass is 508 g/mol. The van der Waals surface area contributed by atoms with Gasteiger partial charge >= 0.3 is 5.97 Å². The highest BCUT2D eigenvalue weighted by atomic mass is 16.7. The number of hydrogen-bond donors (Lipinski definition) is 1. The molecule has 0 amide bonds. The number of rotatable bonds is 20. The molecule has 1 aromatic rings. The van der Waals surface area contributed by atoms with Crippen LogP contribution in [0.3, 0.4) is 0 Å². The highest BCUT2D eigenvalue weighted by Gasteiger charge is 2.32. The third-order valence-corrected chi connectivity index (χ3v) is 7.88. The van der Waals surface area contributed by atoms with Crippen molar-refractivity contribution in [3.8, 4) is 0 Å². The summed E-state index contributed by atoms with van der Waals surface area (Å²) in [4.78, 5) is 14.3. The lowest BCUT2D eigenvalue weighted by molar-refractivity contribution is -0.141. The van der Waals surface area contributed by atoms with Gasteiger partial charge in [-0.3, -0.25) is 4.79 Å². The minimum Gasteiger partial charge on any atom is -0.481 e. The zero-order valence-electron chi connectivity index (χ0n) is 23.4. The number of carboxylic acids is 1. The van der Waals surface area contributed by atoms with E-state index in [0.29, 0.717) is 11.7 Å². The maximum Gasteiger partial charge on any atom is 0.314 e. The number of unbranched alkanes of at least 4 members (excludes halogenated alkanes) is 11. The summed E-state index contributed by atoms with van der Waals surface area (Å²) in [6.45, 7) is 5.94. The van der Waals surface area contributed by atoms with E-state index in [9.17, 15) is 9.90 Å². The molecule has 0 saturated carbocycles. The minimum absolute atomic E-state index is 0.0151. The van der Waals surface area contributed by atoms with E-state index in [1.54, 1.807) is 14.2 Å². The zero-order valence-corrected chi connectivity index (χ0v) is 23.4. The Morgan fingerprint density at radius 3 is 2.03 bits per heavy atom. The summed E-state index contributed by atoms with van der Waals surface area (Å²) in [6.07, 6.45) is 18.3. The average Bonchev–Trinajstić information content (AvgIpc) is 3.35. The maximum absolute atomic E-state index is 12.1. The van der Waals surface area contributed by atoms with Crippen LogP contribution in [0, 0.1) is 11.8 Å². The molecule has 1 aliphatic rings. The van der Waals surface area contributed by atoms with Crippen molar-refractivity contribution in [1.82, 2.24) is 5.16 Å². The maximum atomic E-state index is 12.1. The van der Waals surface area contributed by atoms with Gasteiger partial charge in [0.2, 0.25) is 0 Å². The van der Waals surface area contributed by atoms with Crippen LogP contribution in [-0.4, -0.2) is 49.8 Å². The molecule has 36 heavy (non-hydrogen) atoms. The summed E-state index contributed by atoms with van der Waals surface area (Å²) < 4.78 is 16.4. The van der Waals surface area contributed by atoms with E-state index in [2.05, 4.69) is 17.0 Å². The highest BCUT2D eigenvalue weighted by Crippen LogP contribution is 2.33. The van der Waals surface area contributed by atoms with Gasteiger partial charge in [-0.05, 0) is 25.2 Å². The van der Waals surface area contributed by atoms with Gasteiger partial charge < -0.3 is 24.0 Å². The molecule has 7 nitrogen and oxygen atoms in total. The first-order valence-electron chi connectivity index (χ1n) is 14.5. The summed E-state index contributed by atoms with van der Waals surface area (Å²) in [5.41, 5.74) is 0. The molecular formula is C29H52N2O5. The quantitative estimate of drug-likeness (QED) is 0.145. The second-order valence-corrected chi connectivity index (χ2v) is 10.7. The van der Waals surface area contributed by atoms with E-state index < -0.39 is 11.9 Å². The van der Waals surface area contributed by atoms with Crippen molar-refractivity contribution in [2.45, 2.75) is 122 Å². The standard InChI is InChI=1S/C29H52N2O5/c1-5-6-7-8-9-10-11-12-13-14-15-16-17-23(2)27(28(32)33)25-22-26(30-36-25)31-20-18-24(19-21-31)29(34-3)35-4/h22-24,27,29H,5-21H2,1-4H3,(H,32,33). The number of hydrogen-bond acceptors (Lipinski definition) is 6. The fourth-order valence-corrected chi connectivity index (χ4v) is 5.58. The Bertz CT molecular complexity index is 698. The van der Waals surface area contributed by atoms with Gasteiger partial charge in [0.05, 0.1) is 0 Å². The van der Waals surface area contributed by atoms with Crippen molar-refractivity contribution < 1.29 is 23.9 Å². The van der Waals surface area contributed by atoms with E-state index in [1.807, 2.05) is 13.0 Å². The van der Waals surface area contributed by atoms with Gasteiger partial charge in [-0.1, -0.05) is 96.1 Å². The number of carbonyl (C=O) groups is 1. The molecule has 2 heterocycles. The molecule has 208 valence electrons. The van der Waals surface area contributed by atoms with Crippen LogP contribution in [0.4, 0.5) is 5.82 Å². The van der Waals surface area contributed by atoms with E-state index in [-0.39, 0.29) is 12.2 Å². The van der Waals surface area contributed by atoms with Gasteiger partial charge in [-0.15, -0.1) is 0 Å². The molecule has 0 bridgehead atoms. The molecule has 2 rings (SSSR count). The number of ether oxygens (including phenoxy) is 2. The molecule has 1 N–H and O–H groups in total. The smallest absolute Gasteiger partial charge is 0.314 e. The van der Waals surface area contributed by atoms with Crippen molar-refractivity contribution in [3.05, 3.63) is 11.8 Å². The van der Waals surface area contributed by atoms with Crippen molar-refractivity contribution in [2.75, 3.05) is 32.2 Å². The Morgan fingerprint density at radius 1 is 1.00 bits per heavy atom. The minimum atomic E-state index is -0.828. The van der Waals surface area contributed by atoms with Crippen LogP contribution in [0.5, 0.6) is 0 Å². The van der Waals surface area contributed by atoms with Crippen LogP contribution >= 0.6 is 0 Å². The first-order chi connectivity index (χ1) is 17.5. The number of methoxy groups -OCH3 is 2. The zero-order chi connectivity index (χ0) is 26.2. The fourth-order valence-electron chi connectivity index (χ4n) is 5.58. The van der Waals surface area contributed by atoms with Crippen LogP contribution in [-0.2, 0) is 14.3 Å². The predicted octanol–water partition coefficient (Wildman–Crippen LogP) is 7.41. The number of piperidine rings is 1. The fraction of sp³-hybridized carbons (Fsp3) is 0.862. The molecule has 2 unspecified atom stereocenters. The number of nitrogens with zero attached hydrogens (tertiary/aromatic N) is 2. The number of aromatic nitrogens is 1. The van der Waals surface area contributed by atoms with E-state index in [0.717, 1.165) is 44.6 Å². The second kappa shape index (κ2) is 17.8. The molecule has 1 aromatic heterocycles. The summed E-state index contributed by atoms with van der Waals surface area (Å²) in [7, 11) is 3.35. The molecule has 1 fully saturated rings. The van der Waals surface area contributed by atoms with Crippen molar-refractivity contribution in [1.29, 1.82) is 0 Å². The topological polar surface area (TPSA) is 85.0 Å². The predicted molar refractivity (Wildman–Crippen MR) is 144 cm³/mol. The van der Waals surface area contributed by atoms with E-state index >= 15 is 0 Å². The van der Waals surface area contributed by atoms with Gasteiger partial charge in [0.1, 0.15) is 5.92 Å². The highest BCUT2D eigenvalue weighted by molar-refractivity contribution is 5.75. The normalized spacial score (nSPS) is 16.5. The Balaban J connectivity index is 1.68. The molecule has 0 aromatic carbocycles. The molecule has 1 saturated heterocycles. The molecule has 7 heteroatoms. The summed E-state index contributed by atoms with van der Waals surface area (Å²) in [6, 6.07) is 1.84. The first-order valence-corrected chi connectivity index (χ1v) is 14.5. The average molecular weight is 509 g/mol. The molecule has 0 aliphatic carbocycles. The third kappa shape index (κ3) is 10.4. The van der Waals surface area contributed by atoms with Gasteiger partial charge in [-0.25, -0.2) is 0 Å². The van der Waals surface area contributed by atoms with Crippen LogP contribution in [0.2, 0.25) is 0 Å². The summed E-state index contributed by atoms with van der Waals surface area (Å²) in [5, 5.41) is 14.2. The lowest BCUT2D eigenvalue weighted by Crippen LogP contribution is -2.39. The van der Waals surface area contributed by atoms with Crippen LogP contribution in [0.25, 0.3) is 0 Å². The van der Waals surface area contributed by atoms with Crippen molar-refractivity contribution in [2.24, 2.45) is 11.8 Å². The molecular weight excluding hydrogens is 456 g/mol. The van der Waals surface area contributed by atoms with Crippen LogP contribution in [0.15, 0.2) is 10.6 Å². The molecule has 2 atom stereocenters. The van der Waals surface area contributed by atoms with Crippen LogP contribution < -0.4 is 4.90 Å². The van der Waals surface area contributed by atoms with Gasteiger partial charge in [0.25, 0.3) is 0 Å². The van der Waals surface area contributed by atoms with Gasteiger partial charge in [0, 0.05) is 39.3 Å². The number of anilines is 1. The number of carboxylic acid groups (broad SMARTS) is 1. The molecule has 1 aliphatic heterocycles. The lowest BCUT2D eigenvalue weighted by atomic mass is 9.87. The Kier molecular flexibility index (Phi) is 15.1. The SMILES string of the molecule is CCCCCCCCCCCCCCC(C)C(C(=O)O)c1cc(N2CCC(C(OC)OC)CC2)no1. The Labute approximate surface area is 219 Å². The van der Waals surface area contributed by atoms with Gasteiger partial charge in [-0.2, -0.15) is 0 Å². The van der Waals surface area contributed by atoms with E-state index in [4.69, 9.17) is 14.0 Å². The summed E-state index contributed by atoms with van der Waals surface area (Å²) >= 11 is 0. The van der Waals surface area contributed by atoms with Gasteiger partial charge in [0.15, 0.2) is 17.9 Å². The third-order valence-electron chi connectivity index (χ3n) is 7.88. The molecule has 0 radical (unpaired) electrons. The molecule has 0 spiro atoms. The van der Waals surface area contributed by atoms with Crippen molar-refractivity contribution in [3.63, 3.8) is 0 Å². The Morgan fingerprint density at radius 2 is 1.53 bits per heavy atom. The van der Waals surface area contributed by atoms with Crippen molar-refractivity contribution >= 4 is 11.8 Å². The van der Waals surface area contributed by atoms with Crippen LogP contribution in [0.1, 0.15) is 122 Å². The first kappa shape index (κ1) is 30.6. The largest absolute Gasteiger partial charge is 0.481 e. The second-order valence-electron chi connectivity index (χ2n) is 10.7. The summed E-state index contributed by atoms with van der Waals surface area (Å²) in [5.74, 6) is 0.0939. The number of aliphatic carboxylic acids is 1.